The van der Waals surface area contributed by atoms with Crippen LogP contribution < -0.4 is 5.32 Å². The molecule has 114 valence electrons. The van der Waals surface area contributed by atoms with E-state index in [1.165, 1.54) is 13.0 Å². The van der Waals surface area contributed by atoms with E-state index in [1.54, 1.807) is 24.3 Å². The topological polar surface area (TPSA) is 104 Å². The molecule has 22 heavy (non-hydrogen) atoms. The standard InChI is InChI=1S/C14H12N2O5S/c1-8(17)15-10-4-2-9(3-5-10)6-11-13(20)16(7-12(18)19)14(21)22-11/h2-6H,7H2,1H3,(H,15,17)(H,18,19)/b11-6+. The molecule has 0 spiro atoms. The van der Waals surface area contributed by atoms with Crippen molar-refractivity contribution >= 4 is 46.5 Å². The Morgan fingerprint density at radius 1 is 1.27 bits per heavy atom. The molecule has 1 heterocycles. The monoisotopic (exact) mass is 320 g/mol. The van der Waals surface area contributed by atoms with Gasteiger partial charge in [-0.2, -0.15) is 0 Å². The molecule has 1 saturated heterocycles. The molecule has 1 aromatic rings. The van der Waals surface area contributed by atoms with Gasteiger partial charge in [-0.1, -0.05) is 12.1 Å². The van der Waals surface area contributed by atoms with Gasteiger partial charge in [0.15, 0.2) is 0 Å². The molecular formula is C14H12N2O5S. The molecule has 0 bridgehead atoms. The number of carbonyl (C=O) groups is 4. The van der Waals surface area contributed by atoms with Gasteiger partial charge in [0.2, 0.25) is 5.91 Å². The summed E-state index contributed by atoms with van der Waals surface area (Å²) < 4.78 is 0. The molecule has 0 unspecified atom stereocenters. The number of hydrogen-bond acceptors (Lipinski definition) is 5. The van der Waals surface area contributed by atoms with Gasteiger partial charge in [-0.3, -0.25) is 24.1 Å². The molecule has 1 aliphatic heterocycles. The molecule has 7 nitrogen and oxygen atoms in total. The maximum atomic E-state index is 12.0. The summed E-state index contributed by atoms with van der Waals surface area (Å²) in [4.78, 5) is 46.0. The van der Waals surface area contributed by atoms with Crippen molar-refractivity contribution < 1.29 is 24.3 Å². The fourth-order valence-electron chi connectivity index (χ4n) is 1.79. The summed E-state index contributed by atoms with van der Waals surface area (Å²) in [7, 11) is 0. The smallest absolute Gasteiger partial charge is 0.323 e. The highest BCUT2D eigenvalue weighted by Gasteiger charge is 2.36. The number of nitrogens with zero attached hydrogens (tertiary/aromatic N) is 1. The third-order valence-corrected chi connectivity index (χ3v) is 3.60. The minimum Gasteiger partial charge on any atom is -0.480 e. The first-order valence-electron chi connectivity index (χ1n) is 6.21. The second-order valence-corrected chi connectivity index (χ2v) is 5.46. The van der Waals surface area contributed by atoms with Crippen LogP contribution in [0.1, 0.15) is 12.5 Å². The number of nitrogens with one attached hydrogen (secondary N) is 1. The Morgan fingerprint density at radius 2 is 1.91 bits per heavy atom. The molecule has 0 aliphatic carbocycles. The molecule has 2 rings (SSSR count). The normalized spacial score (nSPS) is 16.2. The van der Waals surface area contributed by atoms with E-state index in [2.05, 4.69) is 5.32 Å². The van der Waals surface area contributed by atoms with Gasteiger partial charge in [0, 0.05) is 12.6 Å². The van der Waals surface area contributed by atoms with Crippen molar-refractivity contribution in [2.75, 3.05) is 11.9 Å². The number of amides is 3. The van der Waals surface area contributed by atoms with Crippen LogP contribution in [-0.2, 0) is 14.4 Å². The Balaban J connectivity index is 2.16. The maximum Gasteiger partial charge on any atom is 0.323 e. The Labute approximate surface area is 130 Å². The van der Waals surface area contributed by atoms with Crippen LogP contribution in [-0.4, -0.2) is 39.6 Å². The number of carboxylic acid groups (broad SMARTS) is 1. The van der Waals surface area contributed by atoms with Gasteiger partial charge in [-0.25, -0.2) is 0 Å². The van der Waals surface area contributed by atoms with Gasteiger partial charge in [0.05, 0.1) is 4.91 Å². The van der Waals surface area contributed by atoms with E-state index in [0.717, 1.165) is 0 Å². The van der Waals surface area contributed by atoms with Crippen LogP contribution in [0.5, 0.6) is 0 Å². The van der Waals surface area contributed by atoms with E-state index in [-0.39, 0.29) is 10.8 Å². The van der Waals surface area contributed by atoms with Gasteiger partial charge in [0.1, 0.15) is 6.54 Å². The zero-order valence-corrected chi connectivity index (χ0v) is 12.3. The summed E-state index contributed by atoms with van der Waals surface area (Å²) in [6.45, 7) is 0.746. The highest BCUT2D eigenvalue weighted by atomic mass is 32.2. The van der Waals surface area contributed by atoms with Gasteiger partial charge in [-0.05, 0) is 35.5 Å². The zero-order valence-electron chi connectivity index (χ0n) is 11.5. The molecule has 3 amide bonds. The van der Waals surface area contributed by atoms with Crippen LogP contribution in [0.3, 0.4) is 0 Å². The van der Waals surface area contributed by atoms with Crippen molar-refractivity contribution in [2.24, 2.45) is 0 Å². The number of hydrogen-bond donors (Lipinski definition) is 2. The second kappa shape index (κ2) is 6.44. The lowest BCUT2D eigenvalue weighted by Gasteiger charge is -2.07. The zero-order chi connectivity index (χ0) is 16.3. The van der Waals surface area contributed by atoms with Crippen molar-refractivity contribution in [3.05, 3.63) is 34.7 Å². The van der Waals surface area contributed by atoms with Crippen LogP contribution >= 0.6 is 11.8 Å². The van der Waals surface area contributed by atoms with E-state index >= 15 is 0 Å². The van der Waals surface area contributed by atoms with Crippen molar-refractivity contribution in [3.63, 3.8) is 0 Å². The van der Waals surface area contributed by atoms with Gasteiger partial charge in [-0.15, -0.1) is 0 Å². The van der Waals surface area contributed by atoms with Crippen LogP contribution in [0.15, 0.2) is 29.2 Å². The lowest BCUT2D eigenvalue weighted by molar-refractivity contribution is -0.140. The number of imide groups is 1. The number of benzene rings is 1. The molecule has 0 aromatic heterocycles. The van der Waals surface area contributed by atoms with Crippen LogP contribution in [0, 0.1) is 0 Å². The van der Waals surface area contributed by atoms with Crippen molar-refractivity contribution in [2.45, 2.75) is 6.92 Å². The molecule has 1 aliphatic rings. The Kier molecular flexibility index (Phi) is 4.62. The summed E-state index contributed by atoms with van der Waals surface area (Å²) in [5, 5.41) is 10.7. The van der Waals surface area contributed by atoms with E-state index in [4.69, 9.17) is 5.11 Å². The van der Waals surface area contributed by atoms with E-state index < -0.39 is 23.7 Å². The summed E-state index contributed by atoms with van der Waals surface area (Å²) in [6, 6.07) is 6.68. The quantitative estimate of drug-likeness (QED) is 0.819. The van der Waals surface area contributed by atoms with Crippen LogP contribution in [0.25, 0.3) is 6.08 Å². The molecule has 1 fully saturated rings. The number of anilines is 1. The highest BCUT2D eigenvalue weighted by Crippen LogP contribution is 2.32. The molecule has 2 N–H and O–H groups in total. The third-order valence-electron chi connectivity index (χ3n) is 2.70. The molecule has 1 aromatic carbocycles. The lowest BCUT2D eigenvalue weighted by Crippen LogP contribution is -2.33. The Morgan fingerprint density at radius 3 is 2.45 bits per heavy atom. The fraction of sp³-hybridized carbons (Fsp3) is 0.143. The molecule has 0 atom stereocenters. The number of carboxylic acids is 1. The largest absolute Gasteiger partial charge is 0.480 e. The number of rotatable bonds is 4. The van der Waals surface area contributed by atoms with E-state index in [1.807, 2.05) is 0 Å². The average molecular weight is 320 g/mol. The molecule has 0 saturated carbocycles. The number of carbonyl (C=O) groups excluding carboxylic acids is 3. The first-order valence-corrected chi connectivity index (χ1v) is 7.03. The first kappa shape index (κ1) is 15.8. The average Bonchev–Trinajstić information content (AvgIpc) is 2.68. The summed E-state index contributed by atoms with van der Waals surface area (Å²) in [5.41, 5.74) is 1.28. The van der Waals surface area contributed by atoms with E-state index in [9.17, 15) is 19.2 Å². The summed E-state index contributed by atoms with van der Waals surface area (Å²) >= 11 is 0.699. The van der Waals surface area contributed by atoms with Crippen LogP contribution in [0.4, 0.5) is 10.5 Å². The van der Waals surface area contributed by atoms with Gasteiger partial charge < -0.3 is 10.4 Å². The number of thioether (sulfide) groups is 1. The minimum atomic E-state index is -1.25. The number of aliphatic carboxylic acids is 1. The second-order valence-electron chi connectivity index (χ2n) is 4.46. The summed E-state index contributed by atoms with van der Waals surface area (Å²) in [6.07, 6.45) is 1.50. The Bertz CT molecular complexity index is 681. The van der Waals surface area contributed by atoms with Crippen molar-refractivity contribution in [1.29, 1.82) is 0 Å². The first-order chi connectivity index (χ1) is 10.4. The lowest BCUT2D eigenvalue weighted by atomic mass is 10.2. The predicted molar refractivity (Wildman–Crippen MR) is 81.1 cm³/mol. The Hall–Kier alpha value is -2.61. The minimum absolute atomic E-state index is 0.165. The highest BCUT2D eigenvalue weighted by molar-refractivity contribution is 8.18. The fourth-order valence-corrected chi connectivity index (χ4v) is 2.63. The third kappa shape index (κ3) is 3.73. The van der Waals surface area contributed by atoms with Crippen molar-refractivity contribution in [1.82, 2.24) is 4.90 Å². The molecular weight excluding hydrogens is 308 g/mol. The van der Waals surface area contributed by atoms with Crippen LogP contribution in [0.2, 0.25) is 0 Å². The van der Waals surface area contributed by atoms with Gasteiger partial charge >= 0.3 is 5.97 Å². The maximum absolute atomic E-state index is 12.0. The van der Waals surface area contributed by atoms with E-state index in [0.29, 0.717) is 27.9 Å². The van der Waals surface area contributed by atoms with Gasteiger partial charge in [0.25, 0.3) is 11.1 Å². The SMILES string of the molecule is CC(=O)Nc1ccc(/C=C2/SC(=O)N(CC(=O)O)C2=O)cc1. The molecule has 0 radical (unpaired) electrons. The van der Waals surface area contributed by atoms with Crippen molar-refractivity contribution in [3.8, 4) is 0 Å². The summed E-state index contributed by atoms with van der Waals surface area (Å²) in [5.74, 6) is -2.06. The predicted octanol–water partition coefficient (Wildman–Crippen LogP) is 1.77. The molecule has 8 heteroatoms.